The number of aromatic amines is 1. The van der Waals surface area contributed by atoms with Crippen LogP contribution in [-0.2, 0) is 6.18 Å². The number of aromatic nitrogens is 2. The van der Waals surface area contributed by atoms with Crippen molar-refractivity contribution in [2.75, 3.05) is 11.9 Å². The number of benzene rings is 2. The number of H-pyrrole nitrogens is 1. The van der Waals surface area contributed by atoms with E-state index in [2.05, 4.69) is 15.7 Å². The minimum Gasteiger partial charge on any atom is -0.318 e. The van der Waals surface area contributed by atoms with Gasteiger partial charge in [-0.25, -0.2) is 4.39 Å². The van der Waals surface area contributed by atoms with Gasteiger partial charge >= 0.3 is 6.18 Å². The Balaban J connectivity index is 1.57. The van der Waals surface area contributed by atoms with Gasteiger partial charge in [0, 0.05) is 6.07 Å². The summed E-state index contributed by atoms with van der Waals surface area (Å²) >= 11 is 0. The van der Waals surface area contributed by atoms with Crippen LogP contribution in [-0.4, -0.2) is 22.6 Å². The molecule has 2 aromatic carbocycles. The molecule has 3 N–H and O–H groups in total. The number of carbonyl (C=O) groups excluding carboxylic acids is 1. The summed E-state index contributed by atoms with van der Waals surface area (Å²) in [5.41, 5.74) is -0.0622. The standard InChI is InChI=1S/C22H20F4N4O/c23-16-9-8-15(20(27-12-13-6-7-13)14-4-2-1-3-5-14)10-17(16)28-21(31)18-11-19(30-29-18)22(24,25)26/h1-5,8-11,13,20,27H,6-7,12H2,(H,28,31)(H,29,30). The predicted molar refractivity (Wildman–Crippen MR) is 107 cm³/mol. The Labute approximate surface area is 175 Å². The third kappa shape index (κ3) is 5.11. The van der Waals surface area contributed by atoms with Crippen LogP contribution in [0.25, 0.3) is 0 Å². The van der Waals surface area contributed by atoms with Crippen molar-refractivity contribution in [2.24, 2.45) is 5.92 Å². The Hall–Kier alpha value is -3.20. The largest absolute Gasteiger partial charge is 0.432 e. The molecule has 9 heteroatoms. The smallest absolute Gasteiger partial charge is 0.318 e. The first-order chi connectivity index (χ1) is 14.8. The summed E-state index contributed by atoms with van der Waals surface area (Å²) in [4.78, 5) is 12.3. The lowest BCUT2D eigenvalue weighted by Crippen LogP contribution is -2.25. The lowest BCUT2D eigenvalue weighted by molar-refractivity contribution is -0.141. The van der Waals surface area contributed by atoms with E-state index in [1.807, 2.05) is 30.3 Å². The van der Waals surface area contributed by atoms with E-state index in [0.717, 1.165) is 17.7 Å². The van der Waals surface area contributed by atoms with Crippen molar-refractivity contribution in [3.63, 3.8) is 0 Å². The zero-order chi connectivity index (χ0) is 22.0. The first kappa shape index (κ1) is 21.0. The van der Waals surface area contributed by atoms with Gasteiger partial charge in [-0.15, -0.1) is 0 Å². The molecule has 1 aliphatic rings. The van der Waals surface area contributed by atoms with Gasteiger partial charge in [0.1, 0.15) is 11.5 Å². The number of anilines is 1. The molecule has 4 rings (SSSR count). The monoisotopic (exact) mass is 432 g/mol. The number of carbonyl (C=O) groups is 1. The maximum atomic E-state index is 14.4. The fourth-order valence-electron chi connectivity index (χ4n) is 3.27. The van der Waals surface area contributed by atoms with Gasteiger partial charge in [0.25, 0.3) is 5.91 Å². The summed E-state index contributed by atoms with van der Waals surface area (Å²) in [6.45, 7) is 0.812. The average molecular weight is 432 g/mol. The third-order valence-electron chi connectivity index (χ3n) is 5.13. The molecule has 1 atom stereocenters. The summed E-state index contributed by atoms with van der Waals surface area (Å²) in [6.07, 6.45) is -2.32. The van der Waals surface area contributed by atoms with E-state index in [-0.39, 0.29) is 11.7 Å². The van der Waals surface area contributed by atoms with Gasteiger partial charge in [-0.1, -0.05) is 36.4 Å². The van der Waals surface area contributed by atoms with Crippen LogP contribution in [0.15, 0.2) is 54.6 Å². The van der Waals surface area contributed by atoms with Gasteiger partial charge in [-0.05, 0) is 48.6 Å². The summed E-state index contributed by atoms with van der Waals surface area (Å²) in [6, 6.07) is 14.3. The zero-order valence-electron chi connectivity index (χ0n) is 16.3. The highest BCUT2D eigenvalue weighted by Crippen LogP contribution is 2.31. The SMILES string of the molecule is O=C(Nc1cc(C(NCC2CC2)c2ccccc2)ccc1F)c1cc(C(F)(F)F)[nH]n1. The molecule has 1 aromatic heterocycles. The molecule has 1 amide bonds. The number of nitrogens with one attached hydrogen (secondary N) is 3. The summed E-state index contributed by atoms with van der Waals surface area (Å²) in [5.74, 6) is -1.02. The van der Waals surface area contributed by atoms with Crippen molar-refractivity contribution in [1.82, 2.24) is 15.5 Å². The molecular weight excluding hydrogens is 412 g/mol. The van der Waals surface area contributed by atoms with E-state index in [1.165, 1.54) is 25.0 Å². The molecule has 0 saturated heterocycles. The fourth-order valence-corrected chi connectivity index (χ4v) is 3.27. The minimum atomic E-state index is -4.66. The van der Waals surface area contributed by atoms with Gasteiger partial charge in [0.05, 0.1) is 11.7 Å². The molecule has 0 radical (unpaired) electrons. The van der Waals surface area contributed by atoms with Crippen molar-refractivity contribution in [1.29, 1.82) is 0 Å². The zero-order valence-corrected chi connectivity index (χ0v) is 16.3. The molecule has 5 nitrogen and oxygen atoms in total. The van der Waals surface area contributed by atoms with Crippen LogP contribution in [0.4, 0.5) is 23.2 Å². The van der Waals surface area contributed by atoms with E-state index >= 15 is 0 Å². The van der Waals surface area contributed by atoms with Crippen molar-refractivity contribution >= 4 is 11.6 Å². The van der Waals surface area contributed by atoms with E-state index in [4.69, 9.17) is 0 Å². The highest BCUT2D eigenvalue weighted by molar-refractivity contribution is 6.03. The Morgan fingerprint density at radius 1 is 1.10 bits per heavy atom. The second-order valence-corrected chi connectivity index (χ2v) is 7.55. The molecule has 162 valence electrons. The second kappa shape index (κ2) is 8.50. The summed E-state index contributed by atoms with van der Waals surface area (Å²) in [7, 11) is 0. The highest BCUT2D eigenvalue weighted by atomic mass is 19.4. The quantitative estimate of drug-likeness (QED) is 0.465. The van der Waals surface area contributed by atoms with E-state index in [1.54, 1.807) is 11.2 Å². The molecule has 0 bridgehead atoms. The number of hydrogen-bond donors (Lipinski definition) is 3. The van der Waals surface area contributed by atoms with Crippen molar-refractivity contribution in [3.8, 4) is 0 Å². The molecule has 0 aliphatic heterocycles. The van der Waals surface area contributed by atoms with Crippen molar-refractivity contribution < 1.29 is 22.4 Å². The minimum absolute atomic E-state index is 0.131. The topological polar surface area (TPSA) is 69.8 Å². The van der Waals surface area contributed by atoms with Gasteiger partial charge in [-0.2, -0.15) is 18.3 Å². The molecule has 0 spiro atoms. The van der Waals surface area contributed by atoms with Crippen LogP contribution in [0.2, 0.25) is 0 Å². The average Bonchev–Trinajstić information content (AvgIpc) is 3.42. The number of rotatable bonds is 7. The van der Waals surface area contributed by atoms with Crippen LogP contribution in [0, 0.1) is 11.7 Å². The van der Waals surface area contributed by atoms with Gasteiger partial charge in [0.2, 0.25) is 0 Å². The first-order valence-corrected chi connectivity index (χ1v) is 9.83. The molecule has 1 unspecified atom stereocenters. The maximum Gasteiger partial charge on any atom is 0.432 e. The Morgan fingerprint density at radius 2 is 1.84 bits per heavy atom. The fraction of sp³-hybridized carbons (Fsp3) is 0.273. The lowest BCUT2D eigenvalue weighted by Gasteiger charge is -2.21. The molecule has 1 heterocycles. The van der Waals surface area contributed by atoms with E-state index in [0.29, 0.717) is 12.0 Å². The lowest BCUT2D eigenvalue weighted by atomic mass is 9.97. The third-order valence-corrected chi connectivity index (χ3v) is 5.13. The van der Waals surface area contributed by atoms with Crippen LogP contribution >= 0.6 is 0 Å². The van der Waals surface area contributed by atoms with Crippen LogP contribution < -0.4 is 10.6 Å². The highest BCUT2D eigenvalue weighted by Gasteiger charge is 2.34. The van der Waals surface area contributed by atoms with Crippen molar-refractivity contribution in [3.05, 3.63) is 82.9 Å². The molecule has 3 aromatic rings. The predicted octanol–water partition coefficient (Wildman–Crippen LogP) is 4.91. The second-order valence-electron chi connectivity index (χ2n) is 7.55. The van der Waals surface area contributed by atoms with Gasteiger partial charge < -0.3 is 10.6 Å². The molecule has 1 fully saturated rings. The number of alkyl halides is 3. The molecule has 31 heavy (non-hydrogen) atoms. The molecular formula is C22H20F4N4O. The first-order valence-electron chi connectivity index (χ1n) is 9.83. The number of halogens is 4. The van der Waals surface area contributed by atoms with Crippen LogP contribution in [0.1, 0.15) is 46.2 Å². The normalized spacial score (nSPS) is 15.0. The summed E-state index contributed by atoms with van der Waals surface area (Å²) in [5, 5.41) is 11.0. The Kier molecular flexibility index (Phi) is 5.77. The van der Waals surface area contributed by atoms with Gasteiger partial charge in [0.15, 0.2) is 5.69 Å². The Morgan fingerprint density at radius 3 is 2.48 bits per heavy atom. The van der Waals surface area contributed by atoms with Crippen LogP contribution in [0.5, 0.6) is 0 Å². The van der Waals surface area contributed by atoms with E-state index < -0.39 is 29.3 Å². The van der Waals surface area contributed by atoms with Gasteiger partial charge in [-0.3, -0.25) is 9.89 Å². The molecule has 1 saturated carbocycles. The Bertz CT molecular complexity index is 1060. The maximum absolute atomic E-state index is 14.4. The van der Waals surface area contributed by atoms with Crippen LogP contribution in [0.3, 0.4) is 0 Å². The number of nitrogens with zero attached hydrogens (tertiary/aromatic N) is 1. The van der Waals surface area contributed by atoms with Crippen molar-refractivity contribution in [2.45, 2.75) is 25.1 Å². The van der Waals surface area contributed by atoms with E-state index in [9.17, 15) is 22.4 Å². The number of amides is 1. The summed E-state index contributed by atoms with van der Waals surface area (Å²) < 4.78 is 52.6. The number of hydrogen-bond acceptors (Lipinski definition) is 3. The molecule has 1 aliphatic carbocycles.